The highest BCUT2D eigenvalue weighted by Crippen LogP contribution is 2.29. The van der Waals surface area contributed by atoms with Crippen LogP contribution >= 0.6 is 17.0 Å². The maximum absolute atomic E-state index is 11.4. The molecule has 8 N–H and O–H groups in total. The fourth-order valence-electron chi connectivity index (χ4n) is 2.21. The number of aliphatic hydroxyl groups is 4. The number of halogens is 1. The number of aromatic nitrogens is 2. The molecule has 1 aromatic heterocycles. The second-order valence-corrected chi connectivity index (χ2v) is 4.75. The van der Waals surface area contributed by atoms with E-state index in [0.717, 1.165) is 4.68 Å². The molecule has 1 aliphatic heterocycles. The summed E-state index contributed by atoms with van der Waals surface area (Å²) in [5.41, 5.74) is 10.9. The zero-order valence-electron chi connectivity index (χ0n) is 11.4. The minimum Gasteiger partial charge on any atom is -0.394 e. The van der Waals surface area contributed by atoms with Crippen LogP contribution < -0.4 is 11.5 Å². The van der Waals surface area contributed by atoms with Gasteiger partial charge in [0.25, 0.3) is 5.91 Å². The van der Waals surface area contributed by atoms with Gasteiger partial charge in [-0.2, -0.15) is 5.10 Å². The van der Waals surface area contributed by atoms with Gasteiger partial charge >= 0.3 is 0 Å². The molecule has 1 saturated heterocycles. The predicted octanol–water partition coefficient (Wildman–Crippen LogP) is -3.01. The van der Waals surface area contributed by atoms with Gasteiger partial charge in [0.15, 0.2) is 6.23 Å². The first-order valence-electron chi connectivity index (χ1n) is 6.29. The molecule has 0 unspecified atom stereocenters. The van der Waals surface area contributed by atoms with Crippen LogP contribution in [0.25, 0.3) is 0 Å². The standard InChI is InChI=1S/C11H18N4O6.BrH/c12-2-4-1-5(10(13)20)15(14-4)11-9(19)8(18)7(17)6(3-16)21-11;/h1,6-9,11,16-19H,2-3,12H2,(H2,13,20);1H/t6-,7-,8+,9-,11-;/m1./s1. The van der Waals surface area contributed by atoms with Gasteiger partial charge in [0.1, 0.15) is 30.1 Å². The normalized spacial score (nSPS) is 31.6. The number of carbonyl (C=O) groups excluding carboxylic acids is 1. The Balaban J connectivity index is 0.00000242. The number of aliphatic hydroxyl groups excluding tert-OH is 4. The van der Waals surface area contributed by atoms with Crippen molar-refractivity contribution in [3.63, 3.8) is 0 Å². The van der Waals surface area contributed by atoms with Gasteiger partial charge in [-0.3, -0.25) is 4.79 Å². The van der Waals surface area contributed by atoms with Crippen LogP contribution in [0.4, 0.5) is 0 Å². The number of rotatable bonds is 4. The Kier molecular flexibility index (Phi) is 6.43. The number of amides is 1. The molecule has 5 atom stereocenters. The van der Waals surface area contributed by atoms with Gasteiger partial charge in [0, 0.05) is 6.54 Å². The van der Waals surface area contributed by atoms with Crippen molar-refractivity contribution in [2.24, 2.45) is 11.5 Å². The summed E-state index contributed by atoms with van der Waals surface area (Å²) in [7, 11) is 0. The number of hydrogen-bond acceptors (Lipinski definition) is 8. The van der Waals surface area contributed by atoms with E-state index in [0.29, 0.717) is 5.69 Å². The Hall–Kier alpha value is -1.08. The highest BCUT2D eigenvalue weighted by Gasteiger charge is 2.45. The number of carbonyl (C=O) groups is 1. The van der Waals surface area contributed by atoms with Crippen LogP contribution in [0.15, 0.2) is 6.07 Å². The second kappa shape index (κ2) is 7.46. The first-order chi connectivity index (χ1) is 9.90. The lowest BCUT2D eigenvalue weighted by molar-refractivity contribution is -0.254. The van der Waals surface area contributed by atoms with Gasteiger partial charge in [-0.15, -0.1) is 17.0 Å². The second-order valence-electron chi connectivity index (χ2n) is 4.75. The molecule has 2 rings (SSSR count). The van der Waals surface area contributed by atoms with E-state index in [1.54, 1.807) is 0 Å². The van der Waals surface area contributed by atoms with Crippen LogP contribution in [-0.4, -0.2) is 67.1 Å². The number of hydrogen-bond donors (Lipinski definition) is 6. The van der Waals surface area contributed by atoms with Crippen molar-refractivity contribution in [3.05, 3.63) is 17.5 Å². The maximum Gasteiger partial charge on any atom is 0.267 e. The topological polar surface area (TPSA) is 177 Å². The Morgan fingerprint density at radius 3 is 2.45 bits per heavy atom. The highest BCUT2D eigenvalue weighted by atomic mass is 79.9. The van der Waals surface area contributed by atoms with E-state index in [1.165, 1.54) is 6.07 Å². The minimum absolute atomic E-state index is 0. The lowest BCUT2D eigenvalue weighted by atomic mass is 9.98. The number of nitrogens with two attached hydrogens (primary N) is 2. The van der Waals surface area contributed by atoms with Crippen molar-refractivity contribution in [1.82, 2.24) is 9.78 Å². The van der Waals surface area contributed by atoms with Crippen molar-refractivity contribution < 1.29 is 30.0 Å². The summed E-state index contributed by atoms with van der Waals surface area (Å²) in [6.07, 6.45) is -7.04. The smallest absolute Gasteiger partial charge is 0.267 e. The fraction of sp³-hybridized carbons (Fsp3) is 0.636. The molecule has 0 spiro atoms. The monoisotopic (exact) mass is 382 g/mol. The van der Waals surface area contributed by atoms with E-state index in [-0.39, 0.29) is 29.2 Å². The SMILES string of the molecule is Br.NCc1cc(C(N)=O)n([C@@H]2O[C@H](CO)[C@@H](O)[C@H](O)[C@H]2O)n1. The van der Waals surface area contributed by atoms with Gasteiger partial charge in [-0.25, -0.2) is 4.68 Å². The quantitative estimate of drug-likeness (QED) is 0.318. The van der Waals surface area contributed by atoms with Crippen molar-refractivity contribution in [3.8, 4) is 0 Å². The van der Waals surface area contributed by atoms with E-state index in [4.69, 9.17) is 21.3 Å². The predicted molar refractivity (Wildman–Crippen MR) is 78.0 cm³/mol. The third kappa shape index (κ3) is 3.30. The Bertz CT molecular complexity index is 525. The van der Waals surface area contributed by atoms with Gasteiger partial charge in [0.05, 0.1) is 12.3 Å². The largest absolute Gasteiger partial charge is 0.394 e. The maximum atomic E-state index is 11.4. The molecule has 1 aromatic rings. The van der Waals surface area contributed by atoms with E-state index < -0.39 is 43.2 Å². The number of primary amides is 1. The third-order valence-electron chi connectivity index (χ3n) is 3.36. The van der Waals surface area contributed by atoms with Gasteiger partial charge in [-0.05, 0) is 6.07 Å². The van der Waals surface area contributed by atoms with Crippen LogP contribution in [0.3, 0.4) is 0 Å². The summed E-state index contributed by atoms with van der Waals surface area (Å²) in [5.74, 6) is -0.820. The van der Waals surface area contributed by atoms with E-state index in [2.05, 4.69) is 5.10 Å². The molecule has 0 saturated carbocycles. The summed E-state index contributed by atoms with van der Waals surface area (Å²) in [6.45, 7) is -0.553. The summed E-state index contributed by atoms with van der Waals surface area (Å²) >= 11 is 0. The molecule has 0 radical (unpaired) electrons. The average molecular weight is 383 g/mol. The van der Waals surface area contributed by atoms with Gasteiger partial charge in [0.2, 0.25) is 0 Å². The van der Waals surface area contributed by atoms with Crippen LogP contribution in [0.1, 0.15) is 22.4 Å². The third-order valence-corrected chi connectivity index (χ3v) is 3.36. The first kappa shape index (κ1) is 19.0. The lowest BCUT2D eigenvalue weighted by Gasteiger charge is -2.40. The van der Waals surface area contributed by atoms with Crippen LogP contribution in [0.2, 0.25) is 0 Å². The Morgan fingerprint density at radius 1 is 1.32 bits per heavy atom. The molecule has 1 amide bonds. The van der Waals surface area contributed by atoms with Crippen LogP contribution in [-0.2, 0) is 11.3 Å². The molecule has 2 heterocycles. The number of ether oxygens (including phenoxy) is 1. The van der Waals surface area contributed by atoms with Gasteiger partial charge < -0.3 is 36.6 Å². The summed E-state index contributed by atoms with van der Waals surface area (Å²) in [6, 6.07) is 1.34. The molecular formula is C11H19BrN4O6. The van der Waals surface area contributed by atoms with Crippen molar-refractivity contribution in [2.45, 2.75) is 37.2 Å². The fourth-order valence-corrected chi connectivity index (χ4v) is 2.21. The summed E-state index contributed by atoms with van der Waals surface area (Å²) in [5, 5.41) is 42.6. The summed E-state index contributed by atoms with van der Waals surface area (Å²) in [4.78, 5) is 11.4. The van der Waals surface area contributed by atoms with Crippen LogP contribution in [0, 0.1) is 0 Å². The minimum atomic E-state index is -1.58. The van der Waals surface area contributed by atoms with E-state index in [9.17, 15) is 20.1 Å². The molecule has 1 fully saturated rings. The molecule has 126 valence electrons. The van der Waals surface area contributed by atoms with Crippen molar-refractivity contribution >= 4 is 22.9 Å². The molecule has 1 aliphatic rings. The van der Waals surface area contributed by atoms with E-state index in [1.807, 2.05) is 0 Å². The number of nitrogens with zero attached hydrogens (tertiary/aromatic N) is 2. The van der Waals surface area contributed by atoms with Gasteiger partial charge in [-0.1, -0.05) is 0 Å². The molecule has 0 aliphatic carbocycles. The molecule has 10 nitrogen and oxygen atoms in total. The molecular weight excluding hydrogens is 364 g/mol. The average Bonchev–Trinajstić information content (AvgIpc) is 2.89. The highest BCUT2D eigenvalue weighted by molar-refractivity contribution is 8.93. The first-order valence-corrected chi connectivity index (χ1v) is 6.29. The molecule has 0 aromatic carbocycles. The summed E-state index contributed by atoms with van der Waals surface area (Å²) < 4.78 is 6.30. The Morgan fingerprint density at radius 2 is 1.95 bits per heavy atom. The van der Waals surface area contributed by atoms with Crippen molar-refractivity contribution in [2.75, 3.05) is 6.61 Å². The molecule has 22 heavy (non-hydrogen) atoms. The van der Waals surface area contributed by atoms with Crippen LogP contribution in [0.5, 0.6) is 0 Å². The molecule has 11 heteroatoms. The molecule has 0 bridgehead atoms. The zero-order chi connectivity index (χ0) is 15.7. The lowest BCUT2D eigenvalue weighted by Crippen LogP contribution is -2.57. The Labute approximate surface area is 136 Å². The van der Waals surface area contributed by atoms with E-state index >= 15 is 0 Å². The van der Waals surface area contributed by atoms with Crippen molar-refractivity contribution in [1.29, 1.82) is 0 Å². The zero-order valence-corrected chi connectivity index (χ0v) is 13.2.